The molecule has 1 aromatic carbocycles. The monoisotopic (exact) mass is 394 g/mol. The third-order valence-electron chi connectivity index (χ3n) is 5.70. The van der Waals surface area contributed by atoms with Crippen LogP contribution in [0.2, 0.25) is 0 Å². The zero-order valence-corrected chi connectivity index (χ0v) is 16.7. The third-order valence-corrected chi connectivity index (χ3v) is 5.70. The van der Waals surface area contributed by atoms with Gasteiger partial charge in [-0.05, 0) is 19.8 Å². The van der Waals surface area contributed by atoms with Gasteiger partial charge in [-0.3, -0.25) is 9.59 Å². The summed E-state index contributed by atoms with van der Waals surface area (Å²) in [5, 5.41) is 0. The molecule has 0 atom stereocenters. The molecule has 2 saturated heterocycles. The second-order valence-corrected chi connectivity index (χ2v) is 7.58. The number of nitrogens with zero attached hydrogens (tertiary/aromatic N) is 4. The Balaban J connectivity index is 1.30. The number of amides is 1. The summed E-state index contributed by atoms with van der Waals surface area (Å²) >= 11 is 0. The standard InChI is InChI=1S/C22H26N4O3/c1-2-29-22(28)17-8-10-25(11-9-17)21(27)18-13-26(14-18)20-12-19(23-15-24-20)16-6-4-3-5-7-16/h3-7,12,15,17-18H,2,8-11,13-14H2,1H3. The molecular formula is C22H26N4O3. The molecule has 0 aliphatic carbocycles. The molecule has 2 aliphatic rings. The number of benzene rings is 1. The molecule has 0 saturated carbocycles. The van der Waals surface area contributed by atoms with E-state index in [9.17, 15) is 9.59 Å². The first-order valence-corrected chi connectivity index (χ1v) is 10.2. The molecule has 3 heterocycles. The smallest absolute Gasteiger partial charge is 0.309 e. The summed E-state index contributed by atoms with van der Waals surface area (Å²) in [6.45, 7) is 4.82. The number of likely N-dealkylation sites (tertiary alicyclic amines) is 1. The van der Waals surface area contributed by atoms with Crippen LogP contribution < -0.4 is 4.90 Å². The lowest BCUT2D eigenvalue weighted by atomic mass is 9.93. The van der Waals surface area contributed by atoms with E-state index in [2.05, 4.69) is 14.9 Å². The predicted molar refractivity (Wildman–Crippen MR) is 109 cm³/mol. The normalized spacial score (nSPS) is 17.7. The number of rotatable bonds is 5. The minimum absolute atomic E-state index is 0.00992. The minimum atomic E-state index is -0.132. The molecule has 0 bridgehead atoms. The van der Waals surface area contributed by atoms with Gasteiger partial charge in [0.05, 0.1) is 24.1 Å². The zero-order chi connectivity index (χ0) is 20.2. The number of esters is 1. The zero-order valence-electron chi connectivity index (χ0n) is 16.7. The van der Waals surface area contributed by atoms with Crippen molar-refractivity contribution in [2.45, 2.75) is 19.8 Å². The maximum Gasteiger partial charge on any atom is 0.309 e. The number of carbonyl (C=O) groups is 2. The minimum Gasteiger partial charge on any atom is -0.466 e. The summed E-state index contributed by atoms with van der Waals surface area (Å²) in [5.41, 5.74) is 1.93. The SMILES string of the molecule is CCOC(=O)C1CCN(C(=O)C2CN(c3cc(-c4ccccc4)ncn3)C2)CC1. The summed E-state index contributed by atoms with van der Waals surface area (Å²) in [6, 6.07) is 12.0. The van der Waals surface area contributed by atoms with Crippen LogP contribution in [0.4, 0.5) is 5.82 Å². The average molecular weight is 394 g/mol. The third kappa shape index (κ3) is 4.23. The van der Waals surface area contributed by atoms with Gasteiger partial charge < -0.3 is 14.5 Å². The highest BCUT2D eigenvalue weighted by molar-refractivity contribution is 5.82. The summed E-state index contributed by atoms with van der Waals surface area (Å²) in [7, 11) is 0. The van der Waals surface area contributed by atoms with Crippen molar-refractivity contribution in [3.05, 3.63) is 42.7 Å². The van der Waals surface area contributed by atoms with E-state index in [-0.39, 0.29) is 23.7 Å². The van der Waals surface area contributed by atoms with E-state index in [0.717, 1.165) is 17.1 Å². The molecule has 2 fully saturated rings. The topological polar surface area (TPSA) is 75.6 Å². The molecule has 7 nitrogen and oxygen atoms in total. The van der Waals surface area contributed by atoms with E-state index in [1.165, 1.54) is 0 Å². The molecular weight excluding hydrogens is 368 g/mol. The van der Waals surface area contributed by atoms with Crippen LogP contribution in [0.25, 0.3) is 11.3 Å². The van der Waals surface area contributed by atoms with E-state index in [4.69, 9.17) is 4.74 Å². The molecule has 2 aliphatic heterocycles. The fourth-order valence-electron chi connectivity index (χ4n) is 3.96. The Labute approximate surface area is 170 Å². The lowest BCUT2D eigenvalue weighted by Crippen LogP contribution is -2.56. The highest BCUT2D eigenvalue weighted by Gasteiger charge is 2.38. The lowest BCUT2D eigenvalue weighted by Gasteiger charge is -2.42. The van der Waals surface area contributed by atoms with Gasteiger partial charge in [0.2, 0.25) is 5.91 Å². The van der Waals surface area contributed by atoms with Gasteiger partial charge in [-0.15, -0.1) is 0 Å². The van der Waals surface area contributed by atoms with Gasteiger partial charge in [0, 0.05) is 37.8 Å². The van der Waals surface area contributed by atoms with Crippen LogP contribution in [-0.4, -0.2) is 59.5 Å². The van der Waals surface area contributed by atoms with Crippen LogP contribution in [0.5, 0.6) is 0 Å². The fourth-order valence-corrected chi connectivity index (χ4v) is 3.96. The van der Waals surface area contributed by atoms with Gasteiger partial charge >= 0.3 is 5.97 Å². The molecule has 7 heteroatoms. The maximum atomic E-state index is 12.8. The van der Waals surface area contributed by atoms with Crippen LogP contribution in [0.3, 0.4) is 0 Å². The first-order chi connectivity index (χ1) is 14.2. The molecule has 1 aromatic heterocycles. The highest BCUT2D eigenvalue weighted by atomic mass is 16.5. The number of piperidine rings is 1. The Morgan fingerprint density at radius 3 is 2.48 bits per heavy atom. The second-order valence-electron chi connectivity index (χ2n) is 7.58. The second kappa shape index (κ2) is 8.59. The van der Waals surface area contributed by atoms with Crippen LogP contribution in [0.15, 0.2) is 42.7 Å². The maximum absolute atomic E-state index is 12.8. The summed E-state index contributed by atoms with van der Waals surface area (Å²) in [5.74, 6) is 0.816. The molecule has 0 radical (unpaired) electrons. The van der Waals surface area contributed by atoms with Gasteiger partial charge in [0.15, 0.2) is 0 Å². The van der Waals surface area contributed by atoms with Crippen molar-refractivity contribution < 1.29 is 14.3 Å². The van der Waals surface area contributed by atoms with Gasteiger partial charge in [-0.1, -0.05) is 30.3 Å². The van der Waals surface area contributed by atoms with Gasteiger partial charge in [-0.2, -0.15) is 0 Å². The predicted octanol–water partition coefficient (Wildman–Crippen LogP) is 2.38. The molecule has 0 unspecified atom stereocenters. The first-order valence-electron chi connectivity index (χ1n) is 10.2. The Morgan fingerprint density at radius 2 is 1.79 bits per heavy atom. The number of anilines is 1. The van der Waals surface area contributed by atoms with E-state index in [1.54, 1.807) is 6.33 Å². The molecule has 152 valence electrons. The van der Waals surface area contributed by atoms with Crippen molar-refractivity contribution >= 4 is 17.7 Å². The van der Waals surface area contributed by atoms with E-state index < -0.39 is 0 Å². The molecule has 0 spiro atoms. The summed E-state index contributed by atoms with van der Waals surface area (Å²) in [6.07, 6.45) is 2.95. The Kier molecular flexibility index (Phi) is 5.74. The lowest BCUT2D eigenvalue weighted by molar-refractivity contribution is -0.152. The van der Waals surface area contributed by atoms with Gasteiger partial charge in [0.25, 0.3) is 0 Å². The summed E-state index contributed by atoms with van der Waals surface area (Å²) < 4.78 is 5.10. The van der Waals surface area contributed by atoms with Crippen molar-refractivity contribution in [2.75, 3.05) is 37.7 Å². The van der Waals surface area contributed by atoms with Crippen LogP contribution in [-0.2, 0) is 14.3 Å². The van der Waals surface area contributed by atoms with Crippen molar-refractivity contribution in [1.82, 2.24) is 14.9 Å². The average Bonchev–Trinajstić information content (AvgIpc) is 2.74. The number of ether oxygens (including phenoxy) is 1. The van der Waals surface area contributed by atoms with Gasteiger partial charge in [-0.25, -0.2) is 9.97 Å². The number of carbonyl (C=O) groups excluding carboxylic acids is 2. The number of hydrogen-bond donors (Lipinski definition) is 0. The van der Waals surface area contributed by atoms with Crippen LogP contribution in [0.1, 0.15) is 19.8 Å². The number of hydrogen-bond acceptors (Lipinski definition) is 6. The molecule has 2 aromatic rings. The van der Waals surface area contributed by atoms with E-state index >= 15 is 0 Å². The molecule has 1 amide bonds. The van der Waals surface area contributed by atoms with Crippen molar-refractivity contribution in [1.29, 1.82) is 0 Å². The van der Waals surface area contributed by atoms with Crippen LogP contribution in [0, 0.1) is 11.8 Å². The van der Waals surface area contributed by atoms with Gasteiger partial charge in [0.1, 0.15) is 12.1 Å². The van der Waals surface area contributed by atoms with E-state index in [1.807, 2.05) is 48.2 Å². The fraction of sp³-hybridized carbons (Fsp3) is 0.455. The van der Waals surface area contributed by atoms with Crippen molar-refractivity contribution in [2.24, 2.45) is 11.8 Å². The number of aromatic nitrogens is 2. The Hall–Kier alpha value is -2.96. The van der Waals surface area contributed by atoms with Crippen molar-refractivity contribution in [3.63, 3.8) is 0 Å². The highest BCUT2D eigenvalue weighted by Crippen LogP contribution is 2.28. The first kappa shape index (κ1) is 19.4. The quantitative estimate of drug-likeness (QED) is 0.725. The molecule has 0 N–H and O–H groups in total. The largest absolute Gasteiger partial charge is 0.466 e. The van der Waals surface area contributed by atoms with Crippen molar-refractivity contribution in [3.8, 4) is 11.3 Å². The molecule has 4 rings (SSSR count). The van der Waals surface area contributed by atoms with E-state index in [0.29, 0.717) is 45.6 Å². The van der Waals surface area contributed by atoms with Crippen LogP contribution >= 0.6 is 0 Å². The Morgan fingerprint density at radius 1 is 1.07 bits per heavy atom. The Bertz CT molecular complexity index is 859. The summed E-state index contributed by atoms with van der Waals surface area (Å²) in [4.78, 5) is 37.4. The molecule has 29 heavy (non-hydrogen) atoms.